The van der Waals surface area contributed by atoms with E-state index in [2.05, 4.69) is 15.2 Å². The van der Waals surface area contributed by atoms with Gasteiger partial charge in [-0.2, -0.15) is 0 Å². The first-order chi connectivity index (χ1) is 16.0. The Labute approximate surface area is 193 Å². The molecule has 1 aliphatic rings. The van der Waals surface area contributed by atoms with Gasteiger partial charge in [-0.15, -0.1) is 0 Å². The highest BCUT2D eigenvalue weighted by molar-refractivity contribution is 6.15. The highest BCUT2D eigenvalue weighted by atomic mass is 16.5. The standard InChI is InChI=1S/C25H30N4O4/c1-3-32-21-9-8-16(12-22(21)33-4-2)25(31)28-24(26)19-6-5-7-20-23(19)17(13-27-20)14-29-11-10-18(30)15-29/h5-9,12-13,18,27,30H,3-4,10-11,14-15H2,1-2H3,(H2,26,28,31)/p+1/t18-/m1/s1. The Morgan fingerprint density at radius 2 is 2.00 bits per heavy atom. The Bertz CT molecular complexity index is 1160. The van der Waals surface area contributed by atoms with Crippen molar-refractivity contribution < 1.29 is 24.8 Å². The molecule has 0 saturated carbocycles. The summed E-state index contributed by atoms with van der Waals surface area (Å²) >= 11 is 0. The molecule has 2 aromatic carbocycles. The number of aliphatic hydroxyl groups excluding tert-OH is 1. The van der Waals surface area contributed by atoms with E-state index in [9.17, 15) is 9.90 Å². The number of nitrogens with zero attached hydrogens (tertiary/aromatic N) is 1. The molecule has 1 amide bonds. The van der Waals surface area contributed by atoms with Gasteiger partial charge >= 0.3 is 5.91 Å². The number of nitrogens with one attached hydrogen (secondary N) is 2. The smallest absolute Gasteiger partial charge is 0.339 e. The predicted octanol–water partition coefficient (Wildman–Crippen LogP) is 1.47. The van der Waals surface area contributed by atoms with Gasteiger partial charge in [-0.05, 0) is 56.2 Å². The number of carbonyl (C=O) groups is 1. The lowest BCUT2D eigenvalue weighted by Gasteiger charge is -2.14. The second-order valence-corrected chi connectivity index (χ2v) is 8.12. The Balaban J connectivity index is 1.56. The molecule has 4 rings (SSSR count). The molecule has 1 aromatic heterocycles. The van der Waals surface area contributed by atoms with Crippen LogP contribution in [0, 0.1) is 0 Å². The van der Waals surface area contributed by atoms with Crippen molar-refractivity contribution in [2.45, 2.75) is 32.9 Å². The van der Waals surface area contributed by atoms with Gasteiger partial charge in [0.25, 0.3) is 5.84 Å². The van der Waals surface area contributed by atoms with Crippen LogP contribution in [0.25, 0.3) is 10.9 Å². The van der Waals surface area contributed by atoms with Crippen molar-refractivity contribution in [2.24, 2.45) is 0 Å². The first kappa shape index (κ1) is 22.8. The van der Waals surface area contributed by atoms with Gasteiger partial charge in [-0.25, -0.2) is 10.1 Å². The van der Waals surface area contributed by atoms with Crippen molar-refractivity contribution in [3.63, 3.8) is 0 Å². The second kappa shape index (κ2) is 10.1. The number of β-amino-alcohol motifs (C(OH)–C–C–N with tert-alkyl or cyclic N) is 1. The van der Waals surface area contributed by atoms with Crippen LogP contribution in [-0.4, -0.2) is 59.1 Å². The van der Waals surface area contributed by atoms with Crippen molar-refractivity contribution in [2.75, 3.05) is 26.3 Å². The number of hydrogen-bond donors (Lipinski definition) is 4. The normalized spacial score (nSPS) is 16.2. The molecule has 174 valence electrons. The van der Waals surface area contributed by atoms with Crippen LogP contribution in [0.5, 0.6) is 11.5 Å². The summed E-state index contributed by atoms with van der Waals surface area (Å²) in [6, 6.07) is 10.9. The number of aromatic amines is 1. The lowest BCUT2D eigenvalue weighted by Crippen LogP contribution is -2.51. The number of fused-ring (bicyclic) bond motifs is 1. The zero-order valence-corrected chi connectivity index (χ0v) is 19.1. The summed E-state index contributed by atoms with van der Waals surface area (Å²) in [4.78, 5) is 18.5. The molecule has 0 aliphatic carbocycles. The van der Waals surface area contributed by atoms with Crippen LogP contribution >= 0.6 is 0 Å². The van der Waals surface area contributed by atoms with E-state index in [4.69, 9.17) is 14.9 Å². The Morgan fingerprint density at radius 1 is 1.21 bits per heavy atom. The molecule has 33 heavy (non-hydrogen) atoms. The molecule has 1 saturated heterocycles. The third-order valence-electron chi connectivity index (χ3n) is 5.77. The number of aliphatic hydroxyl groups is 1. The van der Waals surface area contributed by atoms with Crippen LogP contribution in [0.4, 0.5) is 0 Å². The largest absolute Gasteiger partial charge is 0.490 e. The fourth-order valence-electron chi connectivity index (χ4n) is 4.26. The zero-order valence-electron chi connectivity index (χ0n) is 19.1. The lowest BCUT2D eigenvalue weighted by molar-refractivity contribution is -0.116. The van der Waals surface area contributed by atoms with Crippen molar-refractivity contribution in [1.29, 1.82) is 0 Å². The monoisotopic (exact) mass is 451 g/mol. The van der Waals surface area contributed by atoms with Gasteiger partial charge in [0.15, 0.2) is 11.5 Å². The van der Waals surface area contributed by atoms with Crippen LogP contribution in [0.1, 0.15) is 41.8 Å². The van der Waals surface area contributed by atoms with E-state index in [0.717, 1.165) is 35.0 Å². The number of benzene rings is 2. The fraction of sp³-hybridized carbons (Fsp3) is 0.360. The summed E-state index contributed by atoms with van der Waals surface area (Å²) in [7, 11) is 0. The van der Waals surface area contributed by atoms with Gasteiger partial charge in [0, 0.05) is 36.7 Å². The minimum atomic E-state index is -0.326. The zero-order chi connectivity index (χ0) is 23.4. The molecule has 0 unspecified atom stereocenters. The molecule has 1 atom stereocenters. The third kappa shape index (κ3) is 5.02. The number of H-pyrrole nitrogens is 1. The highest BCUT2D eigenvalue weighted by Crippen LogP contribution is 2.29. The summed E-state index contributed by atoms with van der Waals surface area (Å²) < 4.78 is 11.2. The van der Waals surface area contributed by atoms with E-state index < -0.39 is 0 Å². The number of aromatic nitrogens is 1. The quantitative estimate of drug-likeness (QED) is 0.306. The molecule has 1 aliphatic heterocycles. The molecule has 3 aromatic rings. The third-order valence-corrected chi connectivity index (χ3v) is 5.77. The summed E-state index contributed by atoms with van der Waals surface area (Å²) in [5.74, 6) is 1.07. The van der Waals surface area contributed by atoms with Gasteiger partial charge in [0.2, 0.25) is 0 Å². The van der Waals surface area contributed by atoms with Crippen LogP contribution in [0.3, 0.4) is 0 Å². The summed E-state index contributed by atoms with van der Waals surface area (Å²) in [6.45, 7) is 6.96. The number of nitrogens with two attached hydrogens (primary N) is 1. The minimum absolute atomic E-state index is 0.277. The molecule has 5 N–H and O–H groups in total. The van der Waals surface area contributed by atoms with Crippen LogP contribution in [-0.2, 0) is 6.54 Å². The average molecular weight is 452 g/mol. The van der Waals surface area contributed by atoms with Crippen LogP contribution in [0.15, 0.2) is 42.6 Å². The van der Waals surface area contributed by atoms with Gasteiger partial charge in [0.05, 0.1) is 30.4 Å². The Kier molecular flexibility index (Phi) is 6.96. The molecule has 0 bridgehead atoms. The second-order valence-electron chi connectivity index (χ2n) is 8.12. The number of hydrogen-bond acceptors (Lipinski definition) is 5. The van der Waals surface area contributed by atoms with Gasteiger partial charge in [0.1, 0.15) is 0 Å². The number of amidine groups is 1. The average Bonchev–Trinajstić information content (AvgIpc) is 3.41. The minimum Gasteiger partial charge on any atom is -0.490 e. The van der Waals surface area contributed by atoms with Gasteiger partial charge in [-0.1, -0.05) is 6.07 Å². The van der Waals surface area contributed by atoms with E-state index in [1.807, 2.05) is 38.2 Å². The number of carbonyl (C=O) groups excluding carboxylic acids is 1. The maximum absolute atomic E-state index is 13.0. The van der Waals surface area contributed by atoms with Gasteiger partial charge in [-0.3, -0.25) is 10.3 Å². The lowest BCUT2D eigenvalue weighted by atomic mass is 10.0. The number of ether oxygens (including phenoxy) is 2. The van der Waals surface area contributed by atoms with Gasteiger partial charge < -0.3 is 19.6 Å². The topological polar surface area (TPSA) is 112 Å². The molecule has 0 spiro atoms. The molecule has 1 fully saturated rings. The summed E-state index contributed by atoms with van der Waals surface area (Å²) in [5, 5.41) is 20.1. The van der Waals surface area contributed by atoms with E-state index in [1.165, 1.54) is 0 Å². The van der Waals surface area contributed by atoms with Crippen LogP contribution < -0.4 is 20.2 Å². The first-order valence-electron chi connectivity index (χ1n) is 11.3. The fourth-order valence-corrected chi connectivity index (χ4v) is 4.26. The van der Waals surface area contributed by atoms with E-state index in [-0.39, 0.29) is 17.8 Å². The SMILES string of the molecule is CCOc1ccc(C(=O)NC(=[NH2+])c2cccc3[nH]cc(CN4CC[C@@H](O)C4)c23)cc1OCC. The summed E-state index contributed by atoms with van der Waals surface area (Å²) in [5.41, 5.74) is 3.20. The van der Waals surface area contributed by atoms with E-state index in [0.29, 0.717) is 43.4 Å². The van der Waals surface area contributed by atoms with Crippen molar-refractivity contribution in [1.82, 2.24) is 15.2 Å². The Morgan fingerprint density at radius 3 is 2.73 bits per heavy atom. The molecular formula is C25H31N4O4+. The number of likely N-dealkylation sites (tertiary alicyclic amines) is 1. The number of amides is 1. The maximum Gasteiger partial charge on any atom is 0.339 e. The highest BCUT2D eigenvalue weighted by Gasteiger charge is 2.24. The first-order valence-corrected chi connectivity index (χ1v) is 11.3. The predicted molar refractivity (Wildman–Crippen MR) is 126 cm³/mol. The van der Waals surface area contributed by atoms with Crippen molar-refractivity contribution in [3.8, 4) is 11.5 Å². The molecule has 0 radical (unpaired) electrons. The molecule has 2 heterocycles. The number of rotatable bonds is 8. The molecule has 8 heteroatoms. The maximum atomic E-state index is 13.0. The Hall–Kier alpha value is -3.36. The van der Waals surface area contributed by atoms with Crippen LogP contribution in [0.2, 0.25) is 0 Å². The van der Waals surface area contributed by atoms with E-state index in [1.54, 1.807) is 18.2 Å². The molecule has 8 nitrogen and oxygen atoms in total. The van der Waals surface area contributed by atoms with E-state index >= 15 is 0 Å². The van der Waals surface area contributed by atoms with Crippen molar-refractivity contribution in [3.05, 3.63) is 59.3 Å². The molecular weight excluding hydrogens is 420 g/mol. The van der Waals surface area contributed by atoms with Crippen molar-refractivity contribution >= 4 is 22.6 Å². The summed E-state index contributed by atoms with van der Waals surface area (Å²) in [6.07, 6.45) is 2.47.